The molecule has 0 spiro atoms. The van der Waals surface area contributed by atoms with Crippen molar-refractivity contribution in [2.24, 2.45) is 0 Å². The van der Waals surface area contributed by atoms with Gasteiger partial charge in [0.1, 0.15) is 5.82 Å². The fourth-order valence-corrected chi connectivity index (χ4v) is 3.96. The molecule has 4 rings (SSSR count). The minimum atomic E-state index is -0.160. The molecule has 0 amide bonds. The van der Waals surface area contributed by atoms with E-state index in [-0.39, 0.29) is 6.10 Å². The molecule has 0 radical (unpaired) electrons. The molecule has 27 heavy (non-hydrogen) atoms. The molecule has 0 unspecified atom stereocenters. The van der Waals surface area contributed by atoms with Gasteiger partial charge in [0, 0.05) is 24.3 Å². The van der Waals surface area contributed by atoms with Gasteiger partial charge in [-0.1, -0.05) is 6.07 Å². The number of hydrogen-bond donors (Lipinski definition) is 1. The molecule has 1 N–H and O–H groups in total. The third kappa shape index (κ3) is 3.38. The van der Waals surface area contributed by atoms with E-state index in [4.69, 9.17) is 4.98 Å². The Balaban J connectivity index is 1.69. The lowest BCUT2D eigenvalue weighted by Gasteiger charge is -2.36. The number of pyridine rings is 2. The summed E-state index contributed by atoms with van der Waals surface area (Å²) >= 11 is 0. The van der Waals surface area contributed by atoms with Crippen molar-refractivity contribution in [2.45, 2.75) is 44.8 Å². The van der Waals surface area contributed by atoms with Crippen molar-refractivity contribution in [3.63, 3.8) is 0 Å². The highest BCUT2D eigenvalue weighted by Crippen LogP contribution is 2.29. The van der Waals surface area contributed by atoms with Crippen LogP contribution in [0, 0.1) is 11.3 Å². The van der Waals surface area contributed by atoms with E-state index in [9.17, 15) is 10.4 Å². The Morgan fingerprint density at radius 3 is 2.81 bits per heavy atom. The molecule has 6 nitrogen and oxygen atoms in total. The van der Waals surface area contributed by atoms with Crippen molar-refractivity contribution in [1.82, 2.24) is 14.6 Å². The van der Waals surface area contributed by atoms with E-state index in [0.29, 0.717) is 11.6 Å². The van der Waals surface area contributed by atoms with Crippen LogP contribution >= 0.6 is 0 Å². The highest BCUT2D eigenvalue weighted by atomic mass is 16.3. The van der Waals surface area contributed by atoms with Crippen molar-refractivity contribution >= 4 is 11.3 Å². The summed E-state index contributed by atoms with van der Waals surface area (Å²) in [7, 11) is 0. The summed E-state index contributed by atoms with van der Waals surface area (Å²) in [6, 6.07) is 12.2. The zero-order valence-electron chi connectivity index (χ0n) is 15.4. The van der Waals surface area contributed by atoms with Gasteiger partial charge in [-0.05, 0) is 56.9 Å². The van der Waals surface area contributed by atoms with Crippen LogP contribution in [0.3, 0.4) is 0 Å². The van der Waals surface area contributed by atoms with Crippen molar-refractivity contribution in [2.75, 3.05) is 11.4 Å². The maximum atomic E-state index is 9.80. The van der Waals surface area contributed by atoms with Gasteiger partial charge >= 0.3 is 0 Å². The number of aliphatic hydroxyl groups is 1. The zero-order valence-corrected chi connectivity index (χ0v) is 15.4. The van der Waals surface area contributed by atoms with Gasteiger partial charge in [0.2, 0.25) is 0 Å². The molecule has 1 aliphatic carbocycles. The van der Waals surface area contributed by atoms with Crippen molar-refractivity contribution in [3.8, 4) is 17.3 Å². The van der Waals surface area contributed by atoms with E-state index in [1.54, 1.807) is 23.0 Å². The summed E-state index contributed by atoms with van der Waals surface area (Å²) in [4.78, 5) is 7.25. The summed E-state index contributed by atoms with van der Waals surface area (Å²) in [5.74, 6) is 0.951. The number of rotatable bonds is 4. The quantitative estimate of drug-likeness (QED) is 0.771. The van der Waals surface area contributed by atoms with E-state index in [2.05, 4.69) is 23.0 Å². The highest BCUT2D eigenvalue weighted by Gasteiger charge is 2.25. The van der Waals surface area contributed by atoms with Crippen LogP contribution in [0.15, 0.2) is 42.7 Å². The number of hydrogen-bond acceptors (Lipinski definition) is 5. The lowest BCUT2D eigenvalue weighted by Crippen LogP contribution is -2.39. The molecule has 0 bridgehead atoms. The van der Waals surface area contributed by atoms with Gasteiger partial charge < -0.3 is 10.0 Å². The summed E-state index contributed by atoms with van der Waals surface area (Å²) < 4.78 is 1.77. The van der Waals surface area contributed by atoms with E-state index < -0.39 is 0 Å². The molecule has 3 aromatic rings. The number of nitrogens with zero attached hydrogens (tertiary/aromatic N) is 5. The van der Waals surface area contributed by atoms with Gasteiger partial charge in [0.25, 0.3) is 0 Å². The highest BCUT2D eigenvalue weighted by molar-refractivity contribution is 5.79. The van der Waals surface area contributed by atoms with Crippen LogP contribution < -0.4 is 4.90 Å². The predicted molar refractivity (Wildman–Crippen MR) is 104 cm³/mol. The van der Waals surface area contributed by atoms with Crippen LogP contribution in [-0.4, -0.2) is 38.4 Å². The van der Waals surface area contributed by atoms with E-state index in [0.717, 1.165) is 54.8 Å². The SMILES string of the molecule is CCN(c1cccc(-c2cnn3ccc(C#N)cc23)n1)C1CCC(O)CC1. The smallest absolute Gasteiger partial charge is 0.129 e. The molecule has 1 aliphatic rings. The fourth-order valence-electron chi connectivity index (χ4n) is 3.96. The van der Waals surface area contributed by atoms with Crippen molar-refractivity contribution < 1.29 is 5.11 Å². The Bertz CT molecular complexity index is 982. The van der Waals surface area contributed by atoms with E-state index in [1.807, 2.05) is 24.3 Å². The molecule has 0 aliphatic heterocycles. The molecule has 1 fully saturated rings. The number of aliphatic hydroxyl groups excluding tert-OH is 1. The van der Waals surface area contributed by atoms with Crippen molar-refractivity contribution in [3.05, 3.63) is 48.3 Å². The summed E-state index contributed by atoms with van der Waals surface area (Å²) in [6.07, 6.45) is 7.12. The predicted octanol–water partition coefficient (Wildman–Crippen LogP) is 3.40. The van der Waals surface area contributed by atoms with E-state index >= 15 is 0 Å². The average molecular weight is 361 g/mol. The van der Waals surface area contributed by atoms with Gasteiger partial charge in [-0.3, -0.25) is 0 Å². The van der Waals surface area contributed by atoms with Crippen LogP contribution in [0.25, 0.3) is 16.8 Å². The molecular formula is C21H23N5O. The summed E-state index contributed by atoms with van der Waals surface area (Å²) in [5.41, 5.74) is 3.26. The first-order valence-corrected chi connectivity index (χ1v) is 9.49. The molecule has 0 atom stereocenters. The largest absolute Gasteiger partial charge is 0.393 e. The lowest BCUT2D eigenvalue weighted by molar-refractivity contribution is 0.121. The Kier molecular flexibility index (Phi) is 4.78. The van der Waals surface area contributed by atoms with Crippen LogP contribution in [0.5, 0.6) is 0 Å². The molecule has 0 saturated heterocycles. The third-order valence-corrected chi connectivity index (χ3v) is 5.40. The maximum Gasteiger partial charge on any atom is 0.129 e. The van der Waals surface area contributed by atoms with Gasteiger partial charge in [-0.25, -0.2) is 9.50 Å². The monoisotopic (exact) mass is 361 g/mol. The standard InChI is InChI=1S/C21H23N5O/c1-2-25(16-6-8-17(27)9-7-16)21-5-3-4-19(24-21)18-14-23-26-11-10-15(13-22)12-20(18)26/h3-5,10-12,14,16-17,27H,2,6-9H2,1H3. The molecule has 138 valence electrons. The van der Waals surface area contributed by atoms with E-state index in [1.165, 1.54) is 0 Å². The minimum absolute atomic E-state index is 0.160. The topological polar surface area (TPSA) is 77.5 Å². The fraction of sp³-hybridized carbons (Fsp3) is 0.381. The van der Waals surface area contributed by atoms with Crippen LogP contribution in [0.4, 0.5) is 5.82 Å². The zero-order chi connectivity index (χ0) is 18.8. The molecule has 0 aromatic carbocycles. The van der Waals surface area contributed by atoms with Gasteiger partial charge in [0.05, 0.1) is 35.1 Å². The Morgan fingerprint density at radius 2 is 2.07 bits per heavy atom. The van der Waals surface area contributed by atoms with Gasteiger partial charge in [-0.15, -0.1) is 0 Å². The third-order valence-electron chi connectivity index (χ3n) is 5.40. The molecular weight excluding hydrogens is 338 g/mol. The average Bonchev–Trinajstić information content (AvgIpc) is 3.13. The second-order valence-electron chi connectivity index (χ2n) is 7.04. The molecule has 3 heterocycles. The molecule has 6 heteroatoms. The molecule has 1 saturated carbocycles. The number of aromatic nitrogens is 3. The first-order chi connectivity index (χ1) is 13.2. The van der Waals surface area contributed by atoms with Crippen LogP contribution in [0.1, 0.15) is 38.2 Å². The van der Waals surface area contributed by atoms with Crippen LogP contribution in [-0.2, 0) is 0 Å². The van der Waals surface area contributed by atoms with Gasteiger partial charge in [0.15, 0.2) is 0 Å². The second-order valence-corrected chi connectivity index (χ2v) is 7.04. The maximum absolute atomic E-state index is 9.80. The number of fused-ring (bicyclic) bond motifs is 1. The first kappa shape index (κ1) is 17.5. The summed E-state index contributed by atoms with van der Waals surface area (Å²) in [5, 5.41) is 23.4. The Morgan fingerprint density at radius 1 is 1.26 bits per heavy atom. The second kappa shape index (κ2) is 7.37. The van der Waals surface area contributed by atoms with Crippen molar-refractivity contribution in [1.29, 1.82) is 5.26 Å². The Hall–Kier alpha value is -2.91. The lowest BCUT2D eigenvalue weighted by atomic mass is 9.92. The Labute approximate surface area is 158 Å². The minimum Gasteiger partial charge on any atom is -0.393 e. The number of anilines is 1. The number of nitriles is 1. The normalized spacial score (nSPS) is 19.7. The molecule has 3 aromatic heterocycles. The van der Waals surface area contributed by atoms with Gasteiger partial charge in [-0.2, -0.15) is 10.4 Å². The van der Waals surface area contributed by atoms with Crippen LogP contribution in [0.2, 0.25) is 0 Å². The summed E-state index contributed by atoms with van der Waals surface area (Å²) in [6.45, 7) is 3.03. The first-order valence-electron chi connectivity index (χ1n) is 9.49.